The Labute approximate surface area is 204 Å². The zero-order chi connectivity index (χ0) is 23.6. The Morgan fingerprint density at radius 1 is 0.970 bits per heavy atom. The number of halogens is 2. The molecule has 0 aliphatic rings. The van der Waals surface area contributed by atoms with Crippen molar-refractivity contribution in [1.29, 1.82) is 0 Å². The van der Waals surface area contributed by atoms with Crippen molar-refractivity contribution in [3.8, 4) is 11.1 Å². The minimum absolute atomic E-state index is 0.300. The van der Waals surface area contributed by atoms with E-state index in [0.29, 0.717) is 29.6 Å². The predicted molar refractivity (Wildman–Crippen MR) is 135 cm³/mol. The highest BCUT2D eigenvalue weighted by Gasteiger charge is 2.15. The van der Waals surface area contributed by atoms with Crippen LogP contribution in [0.4, 0.5) is 0 Å². The van der Waals surface area contributed by atoms with Gasteiger partial charge in [0.1, 0.15) is 0 Å². The maximum absolute atomic E-state index is 12.1. The predicted octanol–water partition coefficient (Wildman–Crippen LogP) is 5.00. The van der Waals surface area contributed by atoms with E-state index in [1.807, 2.05) is 24.3 Å². The summed E-state index contributed by atoms with van der Waals surface area (Å²) in [5.74, 6) is 0. The fourth-order valence-corrected chi connectivity index (χ4v) is 4.95. The Kier molecular flexibility index (Phi) is 7.07. The molecule has 0 radical (unpaired) electrons. The molecule has 2 aromatic carbocycles. The zero-order valence-electron chi connectivity index (χ0n) is 18.3. The quantitative estimate of drug-likeness (QED) is 0.368. The second kappa shape index (κ2) is 9.83. The number of hydrogen-bond donors (Lipinski definition) is 1. The average Bonchev–Trinajstić information content (AvgIpc) is 3.10. The van der Waals surface area contributed by atoms with Crippen LogP contribution in [0.25, 0.3) is 22.0 Å². The largest absolute Gasteiger partial charge is 0.343 e. The third-order valence-corrected chi connectivity index (χ3v) is 7.38. The van der Waals surface area contributed by atoms with Crippen LogP contribution >= 0.6 is 23.2 Å². The monoisotopic (exact) mass is 502 g/mol. The molecule has 0 saturated heterocycles. The van der Waals surface area contributed by atoms with Crippen molar-refractivity contribution in [2.75, 3.05) is 20.6 Å². The van der Waals surface area contributed by atoms with Crippen LogP contribution in [0.15, 0.2) is 67.1 Å². The SMILES string of the molecule is CN(C)S(=O)(=O)NCCc1cn(Cc2cc(Cl)cc(Cl)c2)c2cc(-c3ccncc3)ccc12. The van der Waals surface area contributed by atoms with Crippen LogP contribution in [-0.2, 0) is 23.2 Å². The van der Waals surface area contributed by atoms with Gasteiger partial charge in [-0.2, -0.15) is 12.7 Å². The molecule has 0 unspecified atom stereocenters. The Hall–Kier alpha value is -2.42. The molecule has 0 aliphatic heterocycles. The maximum Gasteiger partial charge on any atom is 0.278 e. The Morgan fingerprint density at radius 2 is 1.67 bits per heavy atom. The minimum Gasteiger partial charge on any atom is -0.343 e. The summed E-state index contributed by atoms with van der Waals surface area (Å²) < 4.78 is 30.1. The lowest BCUT2D eigenvalue weighted by Crippen LogP contribution is -2.36. The highest BCUT2D eigenvalue weighted by Crippen LogP contribution is 2.29. The van der Waals surface area contributed by atoms with E-state index in [0.717, 1.165) is 33.2 Å². The summed E-state index contributed by atoms with van der Waals surface area (Å²) in [6.45, 7) is 0.884. The lowest BCUT2D eigenvalue weighted by molar-refractivity contribution is 0.506. The zero-order valence-corrected chi connectivity index (χ0v) is 20.6. The second-order valence-corrected chi connectivity index (χ2v) is 10.8. The van der Waals surface area contributed by atoms with Crippen molar-refractivity contribution >= 4 is 44.3 Å². The van der Waals surface area contributed by atoms with Crippen LogP contribution in [0, 0.1) is 0 Å². The first kappa shape index (κ1) is 23.7. The molecule has 4 aromatic rings. The molecule has 4 rings (SSSR count). The standard InChI is InChI=1S/C24H24Cl2N4O2S/c1-29(2)33(31,32)28-10-7-20-16-30(15-17-11-21(25)14-22(26)12-17)24-13-19(3-4-23(20)24)18-5-8-27-9-6-18/h3-6,8-9,11-14,16,28H,7,10,15H2,1-2H3. The van der Waals surface area contributed by atoms with Gasteiger partial charge in [-0.3, -0.25) is 4.98 Å². The van der Waals surface area contributed by atoms with Gasteiger partial charge in [0, 0.05) is 66.7 Å². The van der Waals surface area contributed by atoms with Gasteiger partial charge in [0.2, 0.25) is 0 Å². The van der Waals surface area contributed by atoms with E-state index in [1.54, 1.807) is 18.5 Å². The van der Waals surface area contributed by atoms with Crippen molar-refractivity contribution in [3.05, 3.63) is 88.3 Å². The summed E-state index contributed by atoms with van der Waals surface area (Å²) in [7, 11) is -0.465. The molecule has 0 fully saturated rings. The van der Waals surface area contributed by atoms with Gasteiger partial charge in [-0.05, 0) is 65.1 Å². The van der Waals surface area contributed by atoms with Crippen LogP contribution in [0.2, 0.25) is 10.0 Å². The third kappa shape index (κ3) is 5.57. The maximum atomic E-state index is 12.1. The lowest BCUT2D eigenvalue weighted by atomic mass is 10.0. The Morgan fingerprint density at radius 3 is 2.33 bits per heavy atom. The molecule has 0 amide bonds. The van der Waals surface area contributed by atoms with Crippen LogP contribution < -0.4 is 4.72 Å². The summed E-state index contributed by atoms with van der Waals surface area (Å²) in [4.78, 5) is 4.10. The summed E-state index contributed by atoms with van der Waals surface area (Å²) >= 11 is 12.4. The van der Waals surface area contributed by atoms with Gasteiger partial charge in [-0.25, -0.2) is 4.72 Å². The highest BCUT2D eigenvalue weighted by atomic mass is 35.5. The van der Waals surface area contributed by atoms with E-state index in [1.165, 1.54) is 18.4 Å². The second-order valence-electron chi connectivity index (χ2n) is 7.96. The Bertz CT molecular complexity index is 1370. The van der Waals surface area contributed by atoms with Crippen LogP contribution in [0.3, 0.4) is 0 Å². The molecule has 0 saturated carbocycles. The number of nitrogens with zero attached hydrogens (tertiary/aromatic N) is 3. The molecule has 2 heterocycles. The van der Waals surface area contributed by atoms with Crippen molar-refractivity contribution < 1.29 is 8.42 Å². The molecular weight excluding hydrogens is 479 g/mol. The molecule has 1 N–H and O–H groups in total. The molecule has 0 atom stereocenters. The molecule has 9 heteroatoms. The van der Waals surface area contributed by atoms with Gasteiger partial charge >= 0.3 is 0 Å². The molecule has 172 valence electrons. The van der Waals surface area contributed by atoms with Crippen molar-refractivity contribution in [1.82, 2.24) is 18.6 Å². The van der Waals surface area contributed by atoms with Gasteiger partial charge in [0.15, 0.2) is 0 Å². The van der Waals surface area contributed by atoms with Gasteiger partial charge in [-0.15, -0.1) is 0 Å². The molecule has 6 nitrogen and oxygen atoms in total. The molecule has 2 aromatic heterocycles. The number of nitrogens with one attached hydrogen (secondary N) is 1. The van der Waals surface area contributed by atoms with E-state index >= 15 is 0 Å². The summed E-state index contributed by atoms with van der Waals surface area (Å²) in [6, 6.07) is 15.8. The average molecular weight is 503 g/mol. The van der Waals surface area contributed by atoms with E-state index in [-0.39, 0.29) is 0 Å². The highest BCUT2D eigenvalue weighted by molar-refractivity contribution is 7.87. The molecular formula is C24H24Cl2N4O2S. The normalized spacial score (nSPS) is 12.0. The third-order valence-electron chi connectivity index (χ3n) is 5.41. The number of pyridine rings is 1. The van der Waals surface area contributed by atoms with E-state index in [4.69, 9.17) is 23.2 Å². The molecule has 33 heavy (non-hydrogen) atoms. The van der Waals surface area contributed by atoms with Gasteiger partial charge in [0.25, 0.3) is 10.2 Å². The minimum atomic E-state index is -3.47. The van der Waals surface area contributed by atoms with Gasteiger partial charge in [0.05, 0.1) is 0 Å². The summed E-state index contributed by atoms with van der Waals surface area (Å²) in [5, 5.41) is 2.25. The number of hydrogen-bond acceptors (Lipinski definition) is 3. The van der Waals surface area contributed by atoms with Crippen LogP contribution in [0.1, 0.15) is 11.1 Å². The molecule has 0 aliphatic carbocycles. The topological polar surface area (TPSA) is 67.2 Å². The number of fused-ring (bicyclic) bond motifs is 1. The first-order chi connectivity index (χ1) is 15.7. The van der Waals surface area contributed by atoms with Gasteiger partial charge in [-0.1, -0.05) is 35.3 Å². The van der Waals surface area contributed by atoms with Gasteiger partial charge < -0.3 is 4.57 Å². The Balaban J connectivity index is 1.72. The van der Waals surface area contributed by atoms with Crippen molar-refractivity contribution in [2.45, 2.75) is 13.0 Å². The van der Waals surface area contributed by atoms with E-state index in [2.05, 4.69) is 38.7 Å². The number of benzene rings is 2. The van der Waals surface area contributed by atoms with Crippen LogP contribution in [-0.4, -0.2) is 42.9 Å². The van der Waals surface area contributed by atoms with E-state index < -0.39 is 10.2 Å². The molecule has 0 spiro atoms. The smallest absolute Gasteiger partial charge is 0.278 e. The van der Waals surface area contributed by atoms with E-state index in [9.17, 15) is 8.42 Å². The van der Waals surface area contributed by atoms with Crippen molar-refractivity contribution in [2.24, 2.45) is 0 Å². The van der Waals surface area contributed by atoms with Crippen molar-refractivity contribution in [3.63, 3.8) is 0 Å². The fourth-order valence-electron chi connectivity index (χ4n) is 3.76. The summed E-state index contributed by atoms with van der Waals surface area (Å²) in [5.41, 5.74) is 5.24. The number of aromatic nitrogens is 2. The number of rotatable bonds is 8. The first-order valence-corrected chi connectivity index (χ1v) is 12.6. The first-order valence-electron chi connectivity index (χ1n) is 10.4. The fraction of sp³-hybridized carbons (Fsp3) is 0.208. The van der Waals surface area contributed by atoms with Crippen LogP contribution in [0.5, 0.6) is 0 Å². The molecule has 0 bridgehead atoms. The summed E-state index contributed by atoms with van der Waals surface area (Å²) in [6.07, 6.45) is 6.17. The lowest BCUT2D eigenvalue weighted by Gasteiger charge is -2.11.